The molecule has 0 saturated carbocycles. The number of benzene rings is 2. The first-order valence-corrected chi connectivity index (χ1v) is 11.9. The molecule has 0 radical (unpaired) electrons. The largest absolute Gasteiger partial charge is 0.493 e. The van der Waals surface area contributed by atoms with E-state index in [2.05, 4.69) is 10.4 Å². The summed E-state index contributed by atoms with van der Waals surface area (Å²) in [6.07, 6.45) is 2.22. The van der Waals surface area contributed by atoms with Crippen LogP contribution in [0.5, 0.6) is 5.75 Å². The number of urea groups is 1. The van der Waals surface area contributed by atoms with Crippen molar-refractivity contribution in [3.8, 4) is 5.75 Å². The molecule has 182 valence electrons. The van der Waals surface area contributed by atoms with Gasteiger partial charge in [-0.2, -0.15) is 5.10 Å². The van der Waals surface area contributed by atoms with Gasteiger partial charge in [0, 0.05) is 23.4 Å². The summed E-state index contributed by atoms with van der Waals surface area (Å²) >= 11 is 6.02. The molecular formula is C26H21ClN4O5. The Hall–Kier alpha value is -4.11. The van der Waals surface area contributed by atoms with Gasteiger partial charge in [-0.15, -0.1) is 0 Å². The average molecular weight is 505 g/mol. The van der Waals surface area contributed by atoms with Crippen molar-refractivity contribution in [1.82, 2.24) is 15.2 Å². The SMILES string of the molecule is O=C1N[C@]2(CCOc3ccccc32)C(=O)N1CC(=O)N1N=C(c2ccc(Cl)cc2)C[C@@H]1c1ccco1. The molecule has 1 fully saturated rings. The van der Waals surface area contributed by atoms with Crippen molar-refractivity contribution < 1.29 is 23.5 Å². The minimum absolute atomic E-state index is 0.270. The Labute approximate surface area is 211 Å². The molecule has 0 bridgehead atoms. The number of halogens is 1. The topological polar surface area (TPSA) is 104 Å². The number of ether oxygens (including phenoxy) is 1. The molecule has 1 spiro atoms. The van der Waals surface area contributed by atoms with E-state index in [1.807, 2.05) is 12.1 Å². The summed E-state index contributed by atoms with van der Waals surface area (Å²) < 4.78 is 11.3. The lowest BCUT2D eigenvalue weighted by molar-refractivity contribution is -0.140. The smallest absolute Gasteiger partial charge is 0.325 e. The summed E-state index contributed by atoms with van der Waals surface area (Å²) in [6.45, 7) is -0.184. The molecule has 4 heterocycles. The second kappa shape index (κ2) is 8.53. The molecule has 1 N–H and O–H groups in total. The zero-order valence-electron chi connectivity index (χ0n) is 19.0. The van der Waals surface area contributed by atoms with Gasteiger partial charge < -0.3 is 14.5 Å². The monoisotopic (exact) mass is 504 g/mol. The number of carbonyl (C=O) groups excluding carboxylic acids is 3. The van der Waals surface area contributed by atoms with E-state index < -0.39 is 36.0 Å². The molecule has 6 rings (SSSR count). The molecule has 9 nitrogen and oxygen atoms in total. The van der Waals surface area contributed by atoms with Crippen LogP contribution in [0.2, 0.25) is 5.02 Å². The van der Waals surface area contributed by atoms with E-state index >= 15 is 0 Å². The molecule has 0 unspecified atom stereocenters. The maximum atomic E-state index is 13.6. The third-order valence-corrected chi connectivity index (χ3v) is 7.02. The van der Waals surface area contributed by atoms with Gasteiger partial charge in [-0.1, -0.05) is 41.9 Å². The summed E-state index contributed by atoms with van der Waals surface area (Å²) in [6, 6.07) is 16.7. The average Bonchev–Trinajstić information content (AvgIpc) is 3.61. The lowest BCUT2D eigenvalue weighted by atomic mass is 9.84. The molecule has 3 aliphatic rings. The molecule has 1 aromatic heterocycles. The maximum Gasteiger partial charge on any atom is 0.325 e. The number of rotatable bonds is 4. The molecule has 2 aromatic carbocycles. The number of amides is 4. The Morgan fingerprint density at radius 1 is 1.11 bits per heavy atom. The van der Waals surface area contributed by atoms with Gasteiger partial charge >= 0.3 is 6.03 Å². The highest BCUT2D eigenvalue weighted by atomic mass is 35.5. The van der Waals surface area contributed by atoms with Crippen molar-refractivity contribution >= 4 is 35.2 Å². The highest BCUT2D eigenvalue weighted by Gasteiger charge is 2.55. The predicted octanol–water partition coefficient (Wildman–Crippen LogP) is 3.84. The highest BCUT2D eigenvalue weighted by Crippen LogP contribution is 2.41. The summed E-state index contributed by atoms with van der Waals surface area (Å²) in [5.41, 5.74) is 0.824. The minimum atomic E-state index is -1.25. The number of hydrogen-bond acceptors (Lipinski definition) is 6. The van der Waals surface area contributed by atoms with Crippen molar-refractivity contribution in [3.63, 3.8) is 0 Å². The lowest BCUT2D eigenvalue weighted by Crippen LogP contribution is -2.48. The Balaban J connectivity index is 1.29. The van der Waals surface area contributed by atoms with Crippen LogP contribution in [0.4, 0.5) is 4.79 Å². The Kier molecular flexibility index (Phi) is 5.30. The van der Waals surface area contributed by atoms with Crippen LogP contribution in [0.25, 0.3) is 0 Å². The number of hydrogen-bond donors (Lipinski definition) is 1. The number of furan rings is 1. The van der Waals surface area contributed by atoms with Crippen molar-refractivity contribution in [3.05, 3.63) is 88.8 Å². The summed E-state index contributed by atoms with van der Waals surface area (Å²) in [7, 11) is 0. The van der Waals surface area contributed by atoms with Gasteiger partial charge in [-0.3, -0.25) is 14.5 Å². The quantitative estimate of drug-likeness (QED) is 0.544. The number of fused-ring (bicyclic) bond motifs is 2. The Morgan fingerprint density at radius 2 is 1.92 bits per heavy atom. The number of para-hydroxylation sites is 1. The summed E-state index contributed by atoms with van der Waals surface area (Å²) in [5.74, 6) is 0.122. The van der Waals surface area contributed by atoms with Crippen LogP contribution in [0.15, 0.2) is 76.4 Å². The van der Waals surface area contributed by atoms with Gasteiger partial charge in [0.1, 0.15) is 24.1 Å². The lowest BCUT2D eigenvalue weighted by Gasteiger charge is -2.33. The van der Waals surface area contributed by atoms with Crippen LogP contribution < -0.4 is 10.1 Å². The summed E-state index contributed by atoms with van der Waals surface area (Å²) in [4.78, 5) is 41.0. The van der Waals surface area contributed by atoms with Gasteiger partial charge in [0.15, 0.2) is 5.54 Å². The highest BCUT2D eigenvalue weighted by molar-refractivity contribution is 6.30. The third kappa shape index (κ3) is 3.54. The van der Waals surface area contributed by atoms with Crippen molar-refractivity contribution in [2.24, 2.45) is 5.10 Å². The molecule has 3 aliphatic heterocycles. The number of nitrogens with zero attached hydrogens (tertiary/aromatic N) is 3. The van der Waals surface area contributed by atoms with E-state index in [0.717, 1.165) is 10.5 Å². The molecule has 36 heavy (non-hydrogen) atoms. The zero-order chi connectivity index (χ0) is 24.9. The molecule has 2 atom stereocenters. The van der Waals surface area contributed by atoms with E-state index in [1.165, 1.54) is 11.3 Å². The van der Waals surface area contributed by atoms with Crippen LogP contribution in [0, 0.1) is 0 Å². The number of carbonyl (C=O) groups is 3. The molecule has 4 amide bonds. The van der Waals surface area contributed by atoms with Crippen LogP contribution in [-0.4, -0.2) is 46.6 Å². The van der Waals surface area contributed by atoms with Crippen molar-refractivity contribution in [2.75, 3.05) is 13.2 Å². The standard InChI is InChI=1S/C26H21ClN4O5/c27-17-9-7-16(8-10-17)19-14-20(22-6-3-12-35-22)31(29-19)23(32)15-30-24(33)26(28-25(30)34)11-13-36-21-5-2-1-4-18(21)26/h1-10,12,20H,11,13-15H2,(H,28,34)/t20-,26+/m1/s1. The molecule has 3 aromatic rings. The van der Waals surface area contributed by atoms with Crippen LogP contribution >= 0.6 is 11.6 Å². The van der Waals surface area contributed by atoms with Gasteiger partial charge in [0.2, 0.25) is 0 Å². The second-order valence-corrected chi connectivity index (χ2v) is 9.29. The van der Waals surface area contributed by atoms with E-state index in [0.29, 0.717) is 34.2 Å². The molecular weight excluding hydrogens is 484 g/mol. The third-order valence-electron chi connectivity index (χ3n) is 6.77. The minimum Gasteiger partial charge on any atom is -0.493 e. The first-order chi connectivity index (χ1) is 17.5. The number of hydrazone groups is 1. The molecule has 10 heteroatoms. The molecule has 0 aliphatic carbocycles. The van der Waals surface area contributed by atoms with E-state index in [4.69, 9.17) is 20.8 Å². The fourth-order valence-electron chi connectivity index (χ4n) is 4.98. The Bertz CT molecular complexity index is 1390. The maximum absolute atomic E-state index is 13.6. The predicted molar refractivity (Wildman–Crippen MR) is 129 cm³/mol. The second-order valence-electron chi connectivity index (χ2n) is 8.85. The fraction of sp³-hybridized carbons (Fsp3) is 0.231. The van der Waals surface area contributed by atoms with Gasteiger partial charge in [-0.25, -0.2) is 9.80 Å². The number of imide groups is 1. The van der Waals surface area contributed by atoms with Crippen molar-refractivity contribution in [1.29, 1.82) is 0 Å². The van der Waals surface area contributed by atoms with Gasteiger partial charge in [-0.05, 0) is 35.9 Å². The summed E-state index contributed by atoms with van der Waals surface area (Å²) in [5, 5.41) is 9.28. The van der Waals surface area contributed by atoms with Crippen LogP contribution in [-0.2, 0) is 15.1 Å². The van der Waals surface area contributed by atoms with E-state index in [9.17, 15) is 14.4 Å². The van der Waals surface area contributed by atoms with Crippen LogP contribution in [0.3, 0.4) is 0 Å². The Morgan fingerprint density at radius 3 is 2.69 bits per heavy atom. The first kappa shape index (κ1) is 22.4. The van der Waals surface area contributed by atoms with E-state index in [1.54, 1.807) is 48.5 Å². The normalized spacial score (nSPS) is 22.9. The van der Waals surface area contributed by atoms with E-state index in [-0.39, 0.29) is 13.0 Å². The molecule has 1 saturated heterocycles. The first-order valence-electron chi connectivity index (χ1n) is 11.5. The zero-order valence-corrected chi connectivity index (χ0v) is 19.8. The van der Waals surface area contributed by atoms with Crippen LogP contribution in [0.1, 0.15) is 35.8 Å². The fourth-order valence-corrected chi connectivity index (χ4v) is 5.11. The van der Waals surface area contributed by atoms with Gasteiger partial charge in [0.25, 0.3) is 11.8 Å². The number of nitrogens with one attached hydrogen (secondary N) is 1. The van der Waals surface area contributed by atoms with Crippen molar-refractivity contribution in [2.45, 2.75) is 24.4 Å². The van der Waals surface area contributed by atoms with Gasteiger partial charge in [0.05, 0.1) is 18.6 Å².